The molecular formula is C15H28O. The molecule has 16 heavy (non-hydrogen) atoms. The molecule has 1 unspecified atom stereocenters. The van der Waals surface area contributed by atoms with Crippen LogP contribution in [0.4, 0.5) is 0 Å². The molecule has 0 spiro atoms. The molecule has 0 aromatic carbocycles. The number of hydrogen-bond acceptors (Lipinski definition) is 1. The Hall–Kier alpha value is -0.0400. The van der Waals surface area contributed by atoms with E-state index in [9.17, 15) is 0 Å². The van der Waals surface area contributed by atoms with Crippen LogP contribution in [-0.2, 0) is 4.74 Å². The zero-order valence-electron chi connectivity index (χ0n) is 11.3. The van der Waals surface area contributed by atoms with Gasteiger partial charge in [-0.3, -0.25) is 0 Å². The van der Waals surface area contributed by atoms with Crippen LogP contribution in [-0.4, -0.2) is 13.7 Å². The number of methoxy groups -OCH3 is 1. The molecule has 0 N–H and O–H groups in total. The van der Waals surface area contributed by atoms with E-state index in [2.05, 4.69) is 13.8 Å². The number of fused-ring (bicyclic) bond motifs is 1. The first-order valence-electron chi connectivity index (χ1n) is 7.11. The van der Waals surface area contributed by atoms with Crippen molar-refractivity contribution in [1.82, 2.24) is 0 Å². The van der Waals surface area contributed by atoms with Gasteiger partial charge in [0.1, 0.15) is 0 Å². The quantitative estimate of drug-likeness (QED) is 0.690. The predicted molar refractivity (Wildman–Crippen MR) is 68.5 cm³/mol. The fourth-order valence-corrected chi connectivity index (χ4v) is 4.48. The van der Waals surface area contributed by atoms with Crippen molar-refractivity contribution in [3.8, 4) is 0 Å². The molecule has 94 valence electrons. The van der Waals surface area contributed by atoms with E-state index in [1.807, 2.05) is 7.11 Å². The lowest BCUT2D eigenvalue weighted by molar-refractivity contribution is -0.0820. The fourth-order valence-electron chi connectivity index (χ4n) is 4.48. The molecular weight excluding hydrogens is 196 g/mol. The molecule has 2 aliphatic rings. The van der Waals surface area contributed by atoms with Crippen LogP contribution in [0.2, 0.25) is 0 Å². The van der Waals surface area contributed by atoms with Crippen LogP contribution in [0.25, 0.3) is 0 Å². The summed E-state index contributed by atoms with van der Waals surface area (Å²) in [5.74, 6) is 0.909. The van der Waals surface area contributed by atoms with Gasteiger partial charge in [-0.1, -0.05) is 33.1 Å². The van der Waals surface area contributed by atoms with Gasteiger partial charge in [0, 0.05) is 13.7 Å². The third-order valence-electron chi connectivity index (χ3n) is 5.91. The van der Waals surface area contributed by atoms with Crippen molar-refractivity contribution in [2.24, 2.45) is 16.7 Å². The standard InChI is InChI=1S/C15H28O/c1-14-9-4-5-11-15(14,2)13(7-6-10-14)8-12-16-3/h13H,4-12H2,1-3H3/t13?,14-,15+/m1/s1. The van der Waals surface area contributed by atoms with Gasteiger partial charge in [-0.2, -0.15) is 0 Å². The Morgan fingerprint density at radius 1 is 1.06 bits per heavy atom. The first-order valence-corrected chi connectivity index (χ1v) is 7.11. The highest BCUT2D eigenvalue weighted by Gasteiger charge is 2.51. The van der Waals surface area contributed by atoms with Crippen molar-refractivity contribution in [2.45, 2.75) is 65.2 Å². The lowest BCUT2D eigenvalue weighted by Gasteiger charge is -2.58. The van der Waals surface area contributed by atoms with Crippen LogP contribution >= 0.6 is 0 Å². The van der Waals surface area contributed by atoms with Gasteiger partial charge in [-0.05, 0) is 48.9 Å². The minimum atomic E-state index is 0.599. The Balaban J connectivity index is 2.13. The van der Waals surface area contributed by atoms with Crippen molar-refractivity contribution < 1.29 is 4.74 Å². The molecule has 0 bridgehead atoms. The molecule has 0 radical (unpaired) electrons. The van der Waals surface area contributed by atoms with E-state index in [1.54, 1.807) is 0 Å². The molecule has 2 fully saturated rings. The summed E-state index contributed by atoms with van der Waals surface area (Å²) in [5, 5.41) is 0. The van der Waals surface area contributed by atoms with E-state index in [0.717, 1.165) is 12.5 Å². The van der Waals surface area contributed by atoms with E-state index < -0.39 is 0 Å². The van der Waals surface area contributed by atoms with Gasteiger partial charge in [0.15, 0.2) is 0 Å². The lowest BCUT2D eigenvalue weighted by Crippen LogP contribution is -2.48. The average molecular weight is 224 g/mol. The Morgan fingerprint density at radius 2 is 1.75 bits per heavy atom. The van der Waals surface area contributed by atoms with Crippen LogP contribution in [0.1, 0.15) is 65.2 Å². The second-order valence-corrected chi connectivity index (χ2v) is 6.56. The Kier molecular flexibility index (Phi) is 3.63. The highest BCUT2D eigenvalue weighted by atomic mass is 16.5. The molecule has 0 saturated heterocycles. The minimum Gasteiger partial charge on any atom is -0.385 e. The Labute approximate surface area is 101 Å². The van der Waals surface area contributed by atoms with E-state index in [4.69, 9.17) is 4.74 Å². The minimum absolute atomic E-state index is 0.599. The maximum absolute atomic E-state index is 5.30. The maximum atomic E-state index is 5.30. The second-order valence-electron chi connectivity index (χ2n) is 6.56. The zero-order chi connectivity index (χ0) is 11.6. The van der Waals surface area contributed by atoms with Gasteiger partial charge in [-0.15, -0.1) is 0 Å². The summed E-state index contributed by atoms with van der Waals surface area (Å²) < 4.78 is 5.30. The topological polar surface area (TPSA) is 9.23 Å². The molecule has 0 heterocycles. The first-order chi connectivity index (χ1) is 7.62. The molecule has 3 atom stereocenters. The first kappa shape index (κ1) is 12.4. The Morgan fingerprint density at radius 3 is 2.50 bits per heavy atom. The highest BCUT2D eigenvalue weighted by Crippen LogP contribution is 2.61. The monoisotopic (exact) mass is 224 g/mol. The SMILES string of the molecule is COCCC1CCC[C@@]2(C)CCCC[C@@]12C. The summed E-state index contributed by atoms with van der Waals surface area (Å²) in [5.41, 5.74) is 1.23. The highest BCUT2D eigenvalue weighted by molar-refractivity contribution is 5.01. The van der Waals surface area contributed by atoms with Crippen LogP contribution in [0, 0.1) is 16.7 Å². The summed E-state index contributed by atoms with van der Waals surface area (Å²) in [6, 6.07) is 0. The summed E-state index contributed by atoms with van der Waals surface area (Å²) in [7, 11) is 1.84. The molecule has 0 aliphatic heterocycles. The molecule has 2 saturated carbocycles. The lowest BCUT2D eigenvalue weighted by atomic mass is 9.47. The summed E-state index contributed by atoms with van der Waals surface area (Å²) in [4.78, 5) is 0. The summed E-state index contributed by atoms with van der Waals surface area (Å²) in [6.45, 7) is 6.09. The van der Waals surface area contributed by atoms with Crippen molar-refractivity contribution in [2.75, 3.05) is 13.7 Å². The molecule has 0 aromatic heterocycles. The number of ether oxygens (including phenoxy) is 1. The molecule has 0 amide bonds. The Bertz CT molecular complexity index is 234. The molecule has 1 heteroatoms. The third kappa shape index (κ3) is 1.92. The number of rotatable bonds is 3. The fraction of sp³-hybridized carbons (Fsp3) is 1.00. The zero-order valence-corrected chi connectivity index (χ0v) is 11.3. The van der Waals surface area contributed by atoms with Gasteiger partial charge < -0.3 is 4.74 Å². The normalized spacial score (nSPS) is 44.1. The van der Waals surface area contributed by atoms with Gasteiger partial charge >= 0.3 is 0 Å². The van der Waals surface area contributed by atoms with Crippen LogP contribution < -0.4 is 0 Å². The maximum Gasteiger partial charge on any atom is 0.0465 e. The van der Waals surface area contributed by atoms with Gasteiger partial charge in [0.25, 0.3) is 0 Å². The van der Waals surface area contributed by atoms with E-state index in [1.165, 1.54) is 51.4 Å². The van der Waals surface area contributed by atoms with E-state index in [0.29, 0.717) is 10.8 Å². The summed E-state index contributed by atoms with van der Waals surface area (Å²) in [6.07, 6.45) is 11.5. The molecule has 1 nitrogen and oxygen atoms in total. The van der Waals surface area contributed by atoms with Crippen molar-refractivity contribution >= 4 is 0 Å². The van der Waals surface area contributed by atoms with Gasteiger partial charge in [0.05, 0.1) is 0 Å². The van der Waals surface area contributed by atoms with Crippen LogP contribution in [0.5, 0.6) is 0 Å². The smallest absolute Gasteiger partial charge is 0.0465 e. The molecule has 2 aliphatic carbocycles. The number of hydrogen-bond donors (Lipinski definition) is 0. The van der Waals surface area contributed by atoms with Crippen LogP contribution in [0.3, 0.4) is 0 Å². The van der Waals surface area contributed by atoms with E-state index >= 15 is 0 Å². The summed E-state index contributed by atoms with van der Waals surface area (Å²) >= 11 is 0. The van der Waals surface area contributed by atoms with Crippen molar-refractivity contribution in [3.63, 3.8) is 0 Å². The van der Waals surface area contributed by atoms with Crippen LogP contribution in [0.15, 0.2) is 0 Å². The second kappa shape index (κ2) is 4.68. The van der Waals surface area contributed by atoms with Crippen molar-refractivity contribution in [1.29, 1.82) is 0 Å². The van der Waals surface area contributed by atoms with E-state index in [-0.39, 0.29) is 0 Å². The molecule has 2 rings (SSSR count). The average Bonchev–Trinajstić information content (AvgIpc) is 2.27. The third-order valence-corrected chi connectivity index (χ3v) is 5.91. The predicted octanol–water partition coefficient (Wildman–Crippen LogP) is 4.41. The van der Waals surface area contributed by atoms with Gasteiger partial charge in [-0.25, -0.2) is 0 Å². The van der Waals surface area contributed by atoms with Crippen molar-refractivity contribution in [3.05, 3.63) is 0 Å². The van der Waals surface area contributed by atoms with Gasteiger partial charge in [0.2, 0.25) is 0 Å². The largest absolute Gasteiger partial charge is 0.385 e. The molecule has 0 aromatic rings.